The van der Waals surface area contributed by atoms with E-state index in [4.69, 9.17) is 0 Å². The Labute approximate surface area is 139 Å². The van der Waals surface area contributed by atoms with Crippen LogP contribution in [0.3, 0.4) is 0 Å². The molecule has 1 aromatic rings. The van der Waals surface area contributed by atoms with E-state index in [0.29, 0.717) is 10.7 Å². The summed E-state index contributed by atoms with van der Waals surface area (Å²) in [6, 6.07) is 6.39. The number of aliphatic imine (C=N–C) groups is 1. The lowest BCUT2D eigenvalue weighted by molar-refractivity contribution is -0.127. The number of nitrogens with zero attached hydrogens (tertiary/aromatic N) is 1. The van der Waals surface area contributed by atoms with Gasteiger partial charge in [-0.1, -0.05) is 30.0 Å². The highest BCUT2D eigenvalue weighted by atomic mass is 32.2. The van der Waals surface area contributed by atoms with Crippen LogP contribution in [0.4, 0.5) is 4.39 Å². The number of hydrogen-bond acceptors (Lipinski definition) is 4. The fraction of sp³-hybridized carbons (Fsp3) is 0.438. The lowest BCUT2D eigenvalue weighted by Gasteiger charge is -2.18. The number of rotatable bonds is 5. The zero-order valence-corrected chi connectivity index (χ0v) is 14.2. The molecule has 1 saturated heterocycles. The van der Waals surface area contributed by atoms with Gasteiger partial charge in [-0.15, -0.1) is 0 Å². The van der Waals surface area contributed by atoms with E-state index in [-0.39, 0.29) is 36.6 Å². The first-order chi connectivity index (χ1) is 10.8. The van der Waals surface area contributed by atoms with E-state index < -0.39 is 4.75 Å². The SMILES string of the molecule is CC(C)NC(=O)CC1(C)SC(=NCc2ccccc2F)NC1=O. The smallest absolute Gasteiger partial charge is 0.242 e. The molecule has 5 nitrogen and oxygen atoms in total. The number of hydrogen-bond donors (Lipinski definition) is 2. The van der Waals surface area contributed by atoms with Crippen LogP contribution in [0.15, 0.2) is 29.3 Å². The summed E-state index contributed by atoms with van der Waals surface area (Å²) < 4.78 is 12.7. The zero-order chi connectivity index (χ0) is 17.0. The maximum Gasteiger partial charge on any atom is 0.242 e. The van der Waals surface area contributed by atoms with Gasteiger partial charge >= 0.3 is 0 Å². The van der Waals surface area contributed by atoms with Crippen molar-refractivity contribution in [3.63, 3.8) is 0 Å². The van der Waals surface area contributed by atoms with Crippen molar-refractivity contribution in [3.8, 4) is 0 Å². The van der Waals surface area contributed by atoms with Gasteiger partial charge in [0, 0.05) is 11.6 Å². The summed E-state index contributed by atoms with van der Waals surface area (Å²) in [5.74, 6) is -0.764. The van der Waals surface area contributed by atoms with E-state index in [1.54, 1.807) is 25.1 Å². The molecule has 0 spiro atoms. The van der Waals surface area contributed by atoms with E-state index in [9.17, 15) is 14.0 Å². The van der Waals surface area contributed by atoms with Gasteiger partial charge in [0.1, 0.15) is 10.6 Å². The van der Waals surface area contributed by atoms with Gasteiger partial charge in [-0.05, 0) is 26.8 Å². The number of amidine groups is 1. The predicted molar refractivity (Wildman–Crippen MR) is 89.6 cm³/mol. The Morgan fingerprint density at radius 3 is 2.78 bits per heavy atom. The number of carbonyl (C=O) groups excluding carboxylic acids is 2. The quantitative estimate of drug-likeness (QED) is 0.865. The Hall–Kier alpha value is -1.89. The number of nitrogens with one attached hydrogen (secondary N) is 2. The molecule has 1 unspecified atom stereocenters. The minimum absolute atomic E-state index is 0.0229. The van der Waals surface area contributed by atoms with Crippen LogP contribution < -0.4 is 10.6 Å². The maximum absolute atomic E-state index is 13.6. The predicted octanol–water partition coefficient (Wildman–Crippen LogP) is 2.22. The molecule has 2 amide bonds. The number of halogens is 1. The molecule has 1 aromatic carbocycles. The van der Waals surface area contributed by atoms with Gasteiger partial charge in [-0.2, -0.15) is 0 Å². The molecule has 0 aromatic heterocycles. The molecule has 23 heavy (non-hydrogen) atoms. The molecule has 1 fully saturated rings. The van der Waals surface area contributed by atoms with Crippen LogP contribution in [0.2, 0.25) is 0 Å². The second kappa shape index (κ2) is 7.12. The highest BCUT2D eigenvalue weighted by Crippen LogP contribution is 2.34. The van der Waals surface area contributed by atoms with Gasteiger partial charge in [0.15, 0.2) is 5.17 Å². The maximum atomic E-state index is 13.6. The Morgan fingerprint density at radius 2 is 2.13 bits per heavy atom. The average molecular weight is 337 g/mol. The molecule has 1 heterocycles. The van der Waals surface area contributed by atoms with Crippen LogP contribution in [0, 0.1) is 5.82 Å². The van der Waals surface area contributed by atoms with Crippen LogP contribution in [0.1, 0.15) is 32.8 Å². The van der Waals surface area contributed by atoms with Crippen molar-refractivity contribution in [1.82, 2.24) is 10.6 Å². The van der Waals surface area contributed by atoms with Gasteiger partial charge in [0.25, 0.3) is 0 Å². The molecule has 1 aliphatic heterocycles. The summed E-state index contributed by atoms with van der Waals surface area (Å²) in [5.41, 5.74) is 0.459. The molecule has 0 radical (unpaired) electrons. The van der Waals surface area contributed by atoms with Crippen molar-refractivity contribution in [2.45, 2.75) is 44.5 Å². The van der Waals surface area contributed by atoms with Crippen molar-refractivity contribution in [2.24, 2.45) is 4.99 Å². The van der Waals surface area contributed by atoms with Gasteiger partial charge < -0.3 is 10.6 Å². The van der Waals surface area contributed by atoms with Crippen molar-refractivity contribution >= 4 is 28.7 Å². The third-order valence-electron chi connectivity index (χ3n) is 3.32. The Bertz CT molecular complexity index is 648. The second-order valence-corrected chi connectivity index (χ2v) is 7.39. The fourth-order valence-electron chi connectivity index (χ4n) is 2.17. The van der Waals surface area contributed by atoms with Gasteiger partial charge in [0.2, 0.25) is 11.8 Å². The van der Waals surface area contributed by atoms with Gasteiger partial charge in [-0.3, -0.25) is 14.6 Å². The Morgan fingerprint density at radius 1 is 1.43 bits per heavy atom. The van der Waals surface area contributed by atoms with Crippen LogP contribution >= 0.6 is 11.8 Å². The average Bonchev–Trinajstić information content (AvgIpc) is 2.71. The van der Waals surface area contributed by atoms with E-state index in [2.05, 4.69) is 15.6 Å². The number of amides is 2. The lowest BCUT2D eigenvalue weighted by atomic mass is 10.1. The van der Waals surface area contributed by atoms with Crippen LogP contribution in [0.25, 0.3) is 0 Å². The topological polar surface area (TPSA) is 70.6 Å². The molecule has 124 valence electrons. The molecular weight excluding hydrogens is 317 g/mol. The number of thioether (sulfide) groups is 1. The Kier molecular flexibility index (Phi) is 5.41. The van der Waals surface area contributed by atoms with E-state index in [1.807, 2.05) is 13.8 Å². The van der Waals surface area contributed by atoms with Gasteiger partial charge in [0.05, 0.1) is 13.0 Å². The summed E-state index contributed by atoms with van der Waals surface area (Å²) in [4.78, 5) is 28.3. The first-order valence-electron chi connectivity index (χ1n) is 7.38. The molecule has 0 bridgehead atoms. The van der Waals surface area contributed by atoms with Crippen molar-refractivity contribution in [2.75, 3.05) is 0 Å². The molecule has 1 atom stereocenters. The fourth-order valence-corrected chi connectivity index (χ4v) is 3.21. The summed E-state index contributed by atoms with van der Waals surface area (Å²) in [6.07, 6.45) is 0.0698. The van der Waals surface area contributed by atoms with E-state index in [1.165, 1.54) is 17.8 Å². The first kappa shape index (κ1) is 17.5. The normalized spacial score (nSPS) is 22.5. The first-order valence-corrected chi connectivity index (χ1v) is 8.19. The summed E-state index contributed by atoms with van der Waals surface area (Å²) in [7, 11) is 0. The zero-order valence-electron chi connectivity index (χ0n) is 13.4. The highest BCUT2D eigenvalue weighted by molar-refractivity contribution is 8.16. The van der Waals surface area contributed by atoms with Crippen LogP contribution in [-0.2, 0) is 16.1 Å². The standard InChI is InChI=1S/C16H20FN3O2S/c1-10(2)19-13(21)8-16(3)14(22)20-15(23-16)18-9-11-6-4-5-7-12(11)17/h4-7,10H,8-9H2,1-3H3,(H,19,21)(H,18,20,22). The summed E-state index contributed by atoms with van der Waals surface area (Å²) in [5, 5.41) is 5.85. The molecule has 7 heteroatoms. The monoisotopic (exact) mass is 337 g/mol. The third kappa shape index (κ3) is 4.54. The Balaban J connectivity index is 2.02. The summed E-state index contributed by atoms with van der Waals surface area (Å²) in [6.45, 7) is 5.58. The van der Waals surface area contributed by atoms with Crippen LogP contribution in [-0.4, -0.2) is 27.8 Å². The number of benzene rings is 1. The summed E-state index contributed by atoms with van der Waals surface area (Å²) >= 11 is 1.21. The van der Waals surface area contributed by atoms with Gasteiger partial charge in [-0.25, -0.2) is 4.39 Å². The van der Waals surface area contributed by atoms with Crippen LogP contribution in [0.5, 0.6) is 0 Å². The molecule has 2 N–H and O–H groups in total. The molecule has 0 saturated carbocycles. The number of carbonyl (C=O) groups is 2. The molecule has 1 aliphatic rings. The minimum Gasteiger partial charge on any atom is -0.354 e. The second-order valence-electron chi connectivity index (χ2n) is 5.90. The highest BCUT2D eigenvalue weighted by Gasteiger charge is 2.44. The molecular formula is C16H20FN3O2S. The van der Waals surface area contributed by atoms with Crippen molar-refractivity contribution in [1.29, 1.82) is 0 Å². The van der Waals surface area contributed by atoms with E-state index >= 15 is 0 Å². The largest absolute Gasteiger partial charge is 0.354 e. The third-order valence-corrected chi connectivity index (χ3v) is 4.53. The lowest BCUT2D eigenvalue weighted by Crippen LogP contribution is -2.40. The van der Waals surface area contributed by atoms with Crippen molar-refractivity contribution in [3.05, 3.63) is 35.6 Å². The van der Waals surface area contributed by atoms with Crippen molar-refractivity contribution < 1.29 is 14.0 Å². The van der Waals surface area contributed by atoms with E-state index in [0.717, 1.165) is 0 Å². The minimum atomic E-state index is -0.896. The molecule has 0 aliphatic carbocycles. The molecule has 2 rings (SSSR count).